The minimum absolute atomic E-state index is 0.0519. The molecule has 98 valence electrons. The molecule has 7 nitrogen and oxygen atoms in total. The molecule has 1 aliphatic rings. The smallest absolute Gasteiger partial charge is 0.311 e. The van der Waals surface area contributed by atoms with Gasteiger partial charge >= 0.3 is 5.69 Å². The Labute approximate surface area is 105 Å². The van der Waals surface area contributed by atoms with Crippen LogP contribution in [0.4, 0.5) is 17.3 Å². The molecular weight excluding hydrogens is 234 g/mol. The van der Waals surface area contributed by atoms with Gasteiger partial charge in [0.15, 0.2) is 0 Å². The molecule has 0 amide bonds. The molecule has 0 radical (unpaired) electrons. The summed E-state index contributed by atoms with van der Waals surface area (Å²) in [5.74, 6) is 0.528. The van der Waals surface area contributed by atoms with Crippen molar-refractivity contribution in [3.8, 4) is 0 Å². The number of nitrogens with one attached hydrogen (secondary N) is 2. The van der Waals surface area contributed by atoms with Crippen molar-refractivity contribution in [1.29, 1.82) is 0 Å². The van der Waals surface area contributed by atoms with Crippen LogP contribution < -0.4 is 16.4 Å². The summed E-state index contributed by atoms with van der Waals surface area (Å²) in [6.45, 7) is 1.87. The molecule has 1 fully saturated rings. The van der Waals surface area contributed by atoms with Crippen LogP contribution in [0.1, 0.15) is 19.3 Å². The Balaban J connectivity index is 1.85. The topological polar surface area (TPSA) is 106 Å². The summed E-state index contributed by atoms with van der Waals surface area (Å²) in [6, 6.07) is 3.52. The zero-order valence-corrected chi connectivity index (χ0v) is 10.1. The van der Waals surface area contributed by atoms with Crippen molar-refractivity contribution >= 4 is 17.3 Å². The Hall–Kier alpha value is -1.89. The molecular formula is C11H17N5O2. The Morgan fingerprint density at radius 1 is 1.61 bits per heavy atom. The van der Waals surface area contributed by atoms with Gasteiger partial charge in [0.05, 0.1) is 4.92 Å². The summed E-state index contributed by atoms with van der Waals surface area (Å²) >= 11 is 0. The lowest BCUT2D eigenvalue weighted by Crippen LogP contribution is -2.24. The lowest BCUT2D eigenvalue weighted by molar-refractivity contribution is -0.384. The highest BCUT2D eigenvalue weighted by Crippen LogP contribution is 2.20. The second-order valence-corrected chi connectivity index (χ2v) is 4.37. The van der Waals surface area contributed by atoms with Gasteiger partial charge in [-0.15, -0.1) is 0 Å². The van der Waals surface area contributed by atoms with Crippen LogP contribution in [0.15, 0.2) is 12.1 Å². The predicted molar refractivity (Wildman–Crippen MR) is 69.4 cm³/mol. The van der Waals surface area contributed by atoms with E-state index in [1.807, 2.05) is 0 Å². The van der Waals surface area contributed by atoms with Crippen molar-refractivity contribution in [2.24, 2.45) is 0 Å². The van der Waals surface area contributed by atoms with Crippen molar-refractivity contribution < 1.29 is 4.92 Å². The van der Waals surface area contributed by atoms with Gasteiger partial charge in [-0.3, -0.25) is 10.1 Å². The number of rotatable bonds is 5. The number of anilines is 2. The number of aromatic nitrogens is 1. The summed E-state index contributed by atoms with van der Waals surface area (Å²) in [7, 11) is 0. The second kappa shape index (κ2) is 5.63. The Morgan fingerprint density at radius 3 is 3.06 bits per heavy atom. The lowest BCUT2D eigenvalue weighted by atomic mass is 10.1. The molecule has 0 saturated carbocycles. The van der Waals surface area contributed by atoms with Crippen molar-refractivity contribution in [2.45, 2.75) is 25.3 Å². The van der Waals surface area contributed by atoms with Crippen molar-refractivity contribution in [2.75, 3.05) is 24.1 Å². The number of nitrogens with two attached hydrogens (primary N) is 1. The quantitative estimate of drug-likeness (QED) is 0.535. The summed E-state index contributed by atoms with van der Waals surface area (Å²) in [5.41, 5.74) is 5.36. The molecule has 1 aromatic heterocycles. The molecule has 18 heavy (non-hydrogen) atoms. The van der Waals surface area contributed by atoms with Crippen molar-refractivity contribution in [3.63, 3.8) is 0 Å². The number of pyridine rings is 1. The molecule has 0 bridgehead atoms. The minimum Gasteiger partial charge on any atom is -0.378 e. The minimum atomic E-state index is -0.533. The molecule has 0 spiro atoms. The van der Waals surface area contributed by atoms with Gasteiger partial charge in [0, 0.05) is 18.7 Å². The van der Waals surface area contributed by atoms with Crippen LogP contribution >= 0.6 is 0 Å². The fraction of sp³-hybridized carbons (Fsp3) is 0.545. The van der Waals surface area contributed by atoms with Crippen LogP contribution in [0.2, 0.25) is 0 Å². The first-order valence-corrected chi connectivity index (χ1v) is 6.05. The Bertz CT molecular complexity index is 431. The third kappa shape index (κ3) is 3.07. The fourth-order valence-corrected chi connectivity index (χ4v) is 2.10. The second-order valence-electron chi connectivity index (χ2n) is 4.37. The highest BCUT2D eigenvalue weighted by molar-refractivity contribution is 5.57. The van der Waals surface area contributed by atoms with Crippen LogP contribution in [-0.2, 0) is 0 Å². The van der Waals surface area contributed by atoms with E-state index in [4.69, 9.17) is 5.73 Å². The van der Waals surface area contributed by atoms with E-state index in [1.54, 1.807) is 6.07 Å². The molecule has 7 heteroatoms. The van der Waals surface area contributed by atoms with Gasteiger partial charge in [-0.1, -0.05) is 0 Å². The maximum absolute atomic E-state index is 10.6. The maximum atomic E-state index is 10.6. The highest BCUT2D eigenvalue weighted by Gasteiger charge is 2.14. The van der Waals surface area contributed by atoms with Crippen LogP contribution in [0, 0.1) is 10.1 Å². The molecule has 2 heterocycles. The lowest BCUT2D eigenvalue weighted by Gasteiger charge is -2.11. The summed E-state index contributed by atoms with van der Waals surface area (Å²) in [6.07, 6.45) is 3.45. The number of nitrogens with zero attached hydrogens (tertiary/aromatic N) is 2. The molecule has 2 rings (SSSR count). The van der Waals surface area contributed by atoms with E-state index in [0.717, 1.165) is 19.5 Å². The molecule has 1 atom stereocenters. The summed E-state index contributed by atoms with van der Waals surface area (Å²) < 4.78 is 0. The van der Waals surface area contributed by atoms with Gasteiger partial charge in [-0.25, -0.2) is 4.98 Å². The van der Waals surface area contributed by atoms with Crippen molar-refractivity contribution in [1.82, 2.24) is 10.3 Å². The van der Waals surface area contributed by atoms with Gasteiger partial charge in [0.1, 0.15) is 5.82 Å². The highest BCUT2D eigenvalue weighted by atomic mass is 16.6. The van der Waals surface area contributed by atoms with E-state index in [2.05, 4.69) is 15.6 Å². The van der Waals surface area contributed by atoms with Crippen LogP contribution in [0.25, 0.3) is 0 Å². The van der Waals surface area contributed by atoms with E-state index in [0.29, 0.717) is 11.9 Å². The van der Waals surface area contributed by atoms with Crippen LogP contribution in [-0.4, -0.2) is 29.0 Å². The number of hydrogen-bond acceptors (Lipinski definition) is 6. The summed E-state index contributed by atoms with van der Waals surface area (Å²) in [4.78, 5) is 14.0. The van der Waals surface area contributed by atoms with Gasteiger partial charge < -0.3 is 16.4 Å². The van der Waals surface area contributed by atoms with Gasteiger partial charge in [0.2, 0.25) is 5.82 Å². The number of nitrogen functional groups attached to an aromatic ring is 1. The number of hydrogen-bond donors (Lipinski definition) is 3. The molecule has 1 saturated heterocycles. The first-order chi connectivity index (χ1) is 8.66. The van der Waals surface area contributed by atoms with E-state index >= 15 is 0 Å². The monoisotopic (exact) mass is 251 g/mol. The standard InChI is InChI=1S/C11H17N5O2/c12-11-9(16(17)18)3-4-10(15-11)14-7-5-8-2-1-6-13-8/h3-4,8,13H,1-2,5-7H2,(H3,12,14,15)/t8-/m0/s1. The first kappa shape index (κ1) is 12.6. The van der Waals surface area contributed by atoms with Crippen LogP contribution in [0.5, 0.6) is 0 Å². The van der Waals surface area contributed by atoms with E-state index in [9.17, 15) is 10.1 Å². The van der Waals surface area contributed by atoms with Crippen LogP contribution in [0.3, 0.4) is 0 Å². The normalized spacial score (nSPS) is 18.8. The van der Waals surface area contributed by atoms with E-state index < -0.39 is 4.92 Å². The van der Waals surface area contributed by atoms with Gasteiger partial charge in [-0.05, 0) is 31.9 Å². The first-order valence-electron chi connectivity index (χ1n) is 6.05. The third-order valence-electron chi connectivity index (χ3n) is 3.06. The molecule has 1 aromatic rings. The largest absolute Gasteiger partial charge is 0.378 e. The molecule has 0 unspecified atom stereocenters. The fourth-order valence-electron chi connectivity index (χ4n) is 2.10. The molecule has 0 aliphatic carbocycles. The zero-order valence-electron chi connectivity index (χ0n) is 10.1. The molecule has 0 aromatic carbocycles. The Morgan fingerprint density at radius 2 is 2.44 bits per heavy atom. The summed E-state index contributed by atoms with van der Waals surface area (Å²) in [5, 5.41) is 17.1. The average Bonchev–Trinajstić information content (AvgIpc) is 2.81. The Kier molecular flexibility index (Phi) is 3.93. The average molecular weight is 251 g/mol. The van der Waals surface area contributed by atoms with E-state index in [-0.39, 0.29) is 11.5 Å². The zero-order chi connectivity index (χ0) is 13.0. The SMILES string of the molecule is Nc1nc(NCC[C@@H]2CCCN2)ccc1[N+](=O)[O-]. The van der Waals surface area contributed by atoms with Crippen molar-refractivity contribution in [3.05, 3.63) is 22.2 Å². The maximum Gasteiger partial charge on any atom is 0.311 e. The predicted octanol–water partition coefficient (Wildman–Crippen LogP) is 1.13. The van der Waals surface area contributed by atoms with Gasteiger partial charge in [-0.2, -0.15) is 0 Å². The molecule has 1 aliphatic heterocycles. The van der Waals surface area contributed by atoms with E-state index in [1.165, 1.54) is 18.9 Å². The van der Waals surface area contributed by atoms with Gasteiger partial charge in [0.25, 0.3) is 0 Å². The molecule has 4 N–H and O–H groups in total. The third-order valence-corrected chi connectivity index (χ3v) is 3.06. The number of nitro groups is 1.